The van der Waals surface area contributed by atoms with Gasteiger partial charge in [-0.15, -0.1) is 0 Å². The third-order valence-corrected chi connectivity index (χ3v) is 3.03. The lowest BCUT2D eigenvalue weighted by Gasteiger charge is -2.12. The molecule has 3 heteroatoms. The third-order valence-electron chi connectivity index (χ3n) is 3.03. The minimum absolute atomic E-state index is 1.03. The first-order chi connectivity index (χ1) is 8.92. The van der Waals surface area contributed by atoms with Crippen LogP contribution < -0.4 is 5.32 Å². The number of hydrogen-bond acceptors (Lipinski definition) is 2. The van der Waals surface area contributed by atoms with Crippen LogP contribution in [0.4, 0.5) is 5.69 Å². The summed E-state index contributed by atoms with van der Waals surface area (Å²) in [5.41, 5.74) is 2.33. The highest BCUT2D eigenvalue weighted by Crippen LogP contribution is 2.19. The molecule has 0 aliphatic heterocycles. The molecule has 0 saturated carbocycles. The summed E-state index contributed by atoms with van der Waals surface area (Å²) < 4.78 is 2.04. The van der Waals surface area contributed by atoms with Crippen LogP contribution in [-0.4, -0.2) is 16.1 Å². The largest absolute Gasteiger partial charge is 0.383 e. The quantitative estimate of drug-likeness (QED) is 0.748. The molecular weight excluding hydrogens is 222 g/mol. The molecule has 1 aromatic heterocycles. The maximum Gasteiger partial charge on any atom is 0.0992 e. The van der Waals surface area contributed by atoms with Gasteiger partial charge in [0.2, 0.25) is 0 Å². The molecule has 0 bridgehead atoms. The summed E-state index contributed by atoms with van der Waals surface area (Å²) in [6, 6.07) is 8.34. The number of benzene rings is 1. The molecule has 2 aromatic rings. The van der Waals surface area contributed by atoms with E-state index in [1.807, 2.05) is 17.1 Å². The van der Waals surface area contributed by atoms with Gasteiger partial charge in [0.25, 0.3) is 0 Å². The van der Waals surface area contributed by atoms with Crippen molar-refractivity contribution in [2.24, 2.45) is 0 Å². The van der Waals surface area contributed by atoms with E-state index < -0.39 is 0 Å². The van der Waals surface area contributed by atoms with Gasteiger partial charge in [-0.25, -0.2) is 4.98 Å². The number of nitrogens with one attached hydrogen (secondary N) is 1. The van der Waals surface area contributed by atoms with Crippen molar-refractivity contribution in [1.29, 1.82) is 0 Å². The lowest BCUT2D eigenvalue weighted by atomic mass is 10.2. The Kier molecular flexibility index (Phi) is 4.82. The molecule has 0 amide bonds. The second kappa shape index (κ2) is 6.84. The lowest BCUT2D eigenvalue weighted by Crippen LogP contribution is -2.05. The summed E-state index contributed by atoms with van der Waals surface area (Å²) in [4.78, 5) is 4.10. The fourth-order valence-electron chi connectivity index (χ4n) is 2.02. The van der Waals surface area contributed by atoms with Crippen molar-refractivity contribution in [1.82, 2.24) is 9.55 Å². The van der Waals surface area contributed by atoms with Gasteiger partial charge in [0.15, 0.2) is 0 Å². The summed E-state index contributed by atoms with van der Waals surface area (Å²) in [5, 5.41) is 3.51. The summed E-state index contributed by atoms with van der Waals surface area (Å²) in [5.74, 6) is 0. The molecule has 0 aliphatic carbocycles. The van der Waals surface area contributed by atoms with E-state index in [4.69, 9.17) is 0 Å². The van der Waals surface area contributed by atoms with Gasteiger partial charge in [-0.05, 0) is 18.6 Å². The van der Waals surface area contributed by atoms with Gasteiger partial charge >= 0.3 is 0 Å². The van der Waals surface area contributed by atoms with E-state index in [9.17, 15) is 0 Å². The van der Waals surface area contributed by atoms with Crippen molar-refractivity contribution in [3.05, 3.63) is 43.0 Å². The fourth-order valence-corrected chi connectivity index (χ4v) is 2.02. The third kappa shape index (κ3) is 3.36. The van der Waals surface area contributed by atoms with Crippen LogP contribution in [0.15, 0.2) is 43.0 Å². The molecular formula is C15H21N3. The standard InChI is InChI=1S/C15H21N3/c1-2-3-4-7-10-17-14-8-5-6-9-15(14)18-12-11-16-13-18/h5-6,8-9,11-13,17H,2-4,7,10H2,1H3. The average molecular weight is 243 g/mol. The maximum absolute atomic E-state index is 4.10. The SMILES string of the molecule is CCCCCCNc1ccccc1-n1ccnc1. The molecule has 2 rings (SSSR count). The zero-order valence-corrected chi connectivity index (χ0v) is 11.0. The van der Waals surface area contributed by atoms with Crippen LogP contribution in [0.2, 0.25) is 0 Å². The highest BCUT2D eigenvalue weighted by molar-refractivity contribution is 5.60. The molecule has 0 aliphatic rings. The number of imidazole rings is 1. The number of aromatic nitrogens is 2. The Hall–Kier alpha value is -1.77. The van der Waals surface area contributed by atoms with Crippen LogP contribution in [0.1, 0.15) is 32.6 Å². The second-order valence-corrected chi connectivity index (χ2v) is 4.47. The second-order valence-electron chi connectivity index (χ2n) is 4.47. The van der Waals surface area contributed by atoms with E-state index in [2.05, 4.69) is 41.5 Å². The predicted octanol–water partition coefficient (Wildman–Crippen LogP) is 3.86. The monoisotopic (exact) mass is 243 g/mol. The van der Waals surface area contributed by atoms with Crippen molar-refractivity contribution in [3.8, 4) is 5.69 Å². The Labute approximate surface area is 109 Å². The number of rotatable bonds is 7. The van der Waals surface area contributed by atoms with Gasteiger partial charge in [0, 0.05) is 18.9 Å². The Balaban J connectivity index is 1.96. The molecule has 0 atom stereocenters. The first-order valence-electron chi connectivity index (χ1n) is 6.73. The highest BCUT2D eigenvalue weighted by atomic mass is 15.0. The summed E-state index contributed by atoms with van der Waals surface area (Å²) in [6.45, 7) is 3.27. The Bertz CT molecular complexity index is 449. The maximum atomic E-state index is 4.10. The molecule has 0 unspecified atom stereocenters. The normalized spacial score (nSPS) is 10.5. The van der Waals surface area contributed by atoms with Crippen molar-refractivity contribution in [3.63, 3.8) is 0 Å². The summed E-state index contributed by atoms with van der Waals surface area (Å²) in [6.07, 6.45) is 10.7. The van der Waals surface area contributed by atoms with Crippen molar-refractivity contribution < 1.29 is 0 Å². The molecule has 0 radical (unpaired) electrons. The zero-order chi connectivity index (χ0) is 12.6. The van der Waals surface area contributed by atoms with E-state index in [0.717, 1.165) is 12.2 Å². The smallest absolute Gasteiger partial charge is 0.0992 e. The van der Waals surface area contributed by atoms with Gasteiger partial charge in [0.05, 0.1) is 17.7 Å². The van der Waals surface area contributed by atoms with Crippen LogP contribution in [0.3, 0.4) is 0 Å². The van der Waals surface area contributed by atoms with Gasteiger partial charge < -0.3 is 9.88 Å². The lowest BCUT2D eigenvalue weighted by molar-refractivity contribution is 0.685. The molecule has 18 heavy (non-hydrogen) atoms. The number of unbranched alkanes of at least 4 members (excludes halogenated alkanes) is 3. The van der Waals surface area contributed by atoms with Gasteiger partial charge in [-0.3, -0.25) is 0 Å². The average Bonchev–Trinajstić information content (AvgIpc) is 2.93. The number of para-hydroxylation sites is 2. The topological polar surface area (TPSA) is 29.9 Å². The van der Waals surface area contributed by atoms with Crippen LogP contribution in [0, 0.1) is 0 Å². The molecule has 3 nitrogen and oxygen atoms in total. The van der Waals surface area contributed by atoms with E-state index in [1.54, 1.807) is 6.20 Å². The fraction of sp³-hybridized carbons (Fsp3) is 0.400. The van der Waals surface area contributed by atoms with Crippen molar-refractivity contribution in [2.45, 2.75) is 32.6 Å². The van der Waals surface area contributed by atoms with E-state index in [0.29, 0.717) is 0 Å². The minimum atomic E-state index is 1.03. The first kappa shape index (κ1) is 12.7. The molecule has 1 N–H and O–H groups in total. The van der Waals surface area contributed by atoms with Crippen molar-refractivity contribution in [2.75, 3.05) is 11.9 Å². The van der Waals surface area contributed by atoms with Crippen LogP contribution in [0.5, 0.6) is 0 Å². The van der Waals surface area contributed by atoms with Crippen LogP contribution in [0.25, 0.3) is 5.69 Å². The van der Waals surface area contributed by atoms with E-state index >= 15 is 0 Å². The minimum Gasteiger partial charge on any atom is -0.383 e. The highest BCUT2D eigenvalue weighted by Gasteiger charge is 2.02. The Morgan fingerprint density at radius 3 is 2.83 bits per heavy atom. The van der Waals surface area contributed by atoms with E-state index in [1.165, 1.54) is 31.4 Å². The molecule has 0 saturated heterocycles. The number of nitrogens with zero attached hydrogens (tertiary/aromatic N) is 2. The predicted molar refractivity (Wildman–Crippen MR) is 76.2 cm³/mol. The molecule has 96 valence electrons. The number of anilines is 1. The van der Waals surface area contributed by atoms with E-state index in [-0.39, 0.29) is 0 Å². The van der Waals surface area contributed by atoms with Crippen LogP contribution in [-0.2, 0) is 0 Å². The Morgan fingerprint density at radius 1 is 1.17 bits per heavy atom. The van der Waals surface area contributed by atoms with Gasteiger partial charge in [-0.1, -0.05) is 38.3 Å². The zero-order valence-electron chi connectivity index (χ0n) is 11.0. The molecule has 1 heterocycles. The Morgan fingerprint density at radius 2 is 2.06 bits per heavy atom. The van der Waals surface area contributed by atoms with Gasteiger partial charge in [-0.2, -0.15) is 0 Å². The first-order valence-corrected chi connectivity index (χ1v) is 6.73. The summed E-state index contributed by atoms with van der Waals surface area (Å²) in [7, 11) is 0. The van der Waals surface area contributed by atoms with Crippen molar-refractivity contribution >= 4 is 5.69 Å². The molecule has 0 fully saturated rings. The molecule has 1 aromatic carbocycles. The number of hydrogen-bond donors (Lipinski definition) is 1. The summed E-state index contributed by atoms with van der Waals surface area (Å²) >= 11 is 0. The molecule has 0 spiro atoms. The van der Waals surface area contributed by atoms with Crippen LogP contribution >= 0.6 is 0 Å². The van der Waals surface area contributed by atoms with Gasteiger partial charge in [0.1, 0.15) is 0 Å².